The third-order valence-electron chi connectivity index (χ3n) is 3.45. The van der Waals surface area contributed by atoms with E-state index in [9.17, 15) is 9.59 Å². The highest BCUT2D eigenvalue weighted by Crippen LogP contribution is 2.23. The lowest BCUT2D eigenvalue weighted by Crippen LogP contribution is -2.16. The number of halogens is 1. The van der Waals surface area contributed by atoms with Gasteiger partial charge in [0.15, 0.2) is 11.0 Å². The van der Waals surface area contributed by atoms with Crippen molar-refractivity contribution in [3.8, 4) is 11.5 Å². The molecule has 0 aliphatic rings. The van der Waals surface area contributed by atoms with Crippen molar-refractivity contribution in [2.75, 3.05) is 16.9 Å². The van der Waals surface area contributed by atoms with Crippen LogP contribution in [0.3, 0.4) is 0 Å². The number of hydrogen-bond donors (Lipinski definition) is 2. The minimum atomic E-state index is -0.512. The van der Waals surface area contributed by atoms with Crippen molar-refractivity contribution in [2.24, 2.45) is 0 Å². The summed E-state index contributed by atoms with van der Waals surface area (Å²) in [5.41, 5.74) is 1.19. The molecule has 0 bridgehead atoms. The van der Waals surface area contributed by atoms with E-state index in [2.05, 4.69) is 30.6 Å². The Bertz CT molecular complexity index is 1030. The first-order valence-corrected chi connectivity index (χ1v) is 9.66. The number of amides is 2. The average molecular weight is 415 g/mol. The van der Waals surface area contributed by atoms with Crippen LogP contribution in [-0.4, -0.2) is 38.0 Å². The Kier molecular flexibility index (Phi) is 6.17. The van der Waals surface area contributed by atoms with Crippen LogP contribution >= 0.6 is 23.4 Å². The summed E-state index contributed by atoms with van der Waals surface area (Å²) >= 11 is 7.45. The zero-order chi connectivity index (χ0) is 20.1. The van der Waals surface area contributed by atoms with Gasteiger partial charge in [0, 0.05) is 18.8 Å². The van der Waals surface area contributed by atoms with Crippen LogP contribution in [0.15, 0.2) is 47.8 Å². The van der Waals surface area contributed by atoms with Crippen molar-refractivity contribution >= 4 is 46.8 Å². The summed E-state index contributed by atoms with van der Waals surface area (Å²) in [6.45, 7) is 1.38. The first-order chi connectivity index (χ1) is 13.5. The fourth-order valence-corrected chi connectivity index (χ4v) is 2.82. The van der Waals surface area contributed by atoms with Crippen molar-refractivity contribution in [1.29, 1.82) is 0 Å². The normalized spacial score (nSPS) is 10.4. The number of nitrogens with zero attached hydrogens (tertiary/aromatic N) is 4. The van der Waals surface area contributed by atoms with Crippen LogP contribution in [0, 0.1) is 0 Å². The third-order valence-corrected chi connectivity index (χ3v) is 4.33. The Balaban J connectivity index is 1.91. The van der Waals surface area contributed by atoms with Crippen LogP contribution in [0.2, 0.25) is 5.02 Å². The molecule has 2 heterocycles. The molecule has 0 saturated heterocycles. The van der Waals surface area contributed by atoms with Gasteiger partial charge in [0.05, 0.1) is 10.6 Å². The standard InChI is InChI=1S/C18H15ClN6O2S/c1-10(26)21-11-6-7-13(19)12(9-11)16(27)24-17-22-15(23-18(25-17)28-2)14-5-3-4-8-20-14/h3-9H,1-2H3,(H,21,26)(H,22,23,24,25,27). The Labute approximate surface area is 170 Å². The number of pyridine rings is 1. The van der Waals surface area contributed by atoms with E-state index < -0.39 is 5.91 Å². The summed E-state index contributed by atoms with van der Waals surface area (Å²) in [4.78, 5) is 40.9. The molecule has 10 heteroatoms. The van der Waals surface area contributed by atoms with E-state index in [1.165, 1.54) is 30.8 Å². The van der Waals surface area contributed by atoms with Gasteiger partial charge in [-0.3, -0.25) is 19.9 Å². The van der Waals surface area contributed by atoms with Crippen LogP contribution < -0.4 is 10.6 Å². The van der Waals surface area contributed by atoms with Crippen molar-refractivity contribution in [3.63, 3.8) is 0 Å². The average Bonchev–Trinajstić information content (AvgIpc) is 2.69. The Morgan fingerprint density at radius 2 is 1.89 bits per heavy atom. The first-order valence-electron chi connectivity index (χ1n) is 8.06. The zero-order valence-electron chi connectivity index (χ0n) is 14.9. The molecule has 0 saturated carbocycles. The topological polar surface area (TPSA) is 110 Å². The number of carbonyl (C=O) groups is 2. The summed E-state index contributed by atoms with van der Waals surface area (Å²) in [6.07, 6.45) is 3.44. The summed E-state index contributed by atoms with van der Waals surface area (Å²) in [6, 6.07) is 9.98. The summed E-state index contributed by atoms with van der Waals surface area (Å²) in [5.74, 6) is -0.350. The maximum atomic E-state index is 12.7. The van der Waals surface area contributed by atoms with Gasteiger partial charge in [-0.15, -0.1) is 0 Å². The van der Waals surface area contributed by atoms with Crippen molar-refractivity contribution in [1.82, 2.24) is 19.9 Å². The number of nitrogens with one attached hydrogen (secondary N) is 2. The lowest BCUT2D eigenvalue weighted by molar-refractivity contribution is -0.114. The fourth-order valence-electron chi connectivity index (χ4n) is 2.26. The Morgan fingerprint density at radius 1 is 1.07 bits per heavy atom. The molecule has 2 N–H and O–H groups in total. The molecule has 0 atom stereocenters. The molecule has 0 aliphatic heterocycles. The van der Waals surface area contributed by atoms with Gasteiger partial charge in [-0.25, -0.2) is 4.98 Å². The predicted molar refractivity (Wildman–Crippen MR) is 109 cm³/mol. The van der Waals surface area contributed by atoms with Crippen LogP contribution in [0.4, 0.5) is 11.6 Å². The maximum absolute atomic E-state index is 12.7. The van der Waals surface area contributed by atoms with Gasteiger partial charge in [-0.05, 0) is 36.6 Å². The number of thioether (sulfide) groups is 1. The molecular formula is C18H15ClN6O2S. The summed E-state index contributed by atoms with van der Waals surface area (Å²) in [7, 11) is 0. The minimum Gasteiger partial charge on any atom is -0.326 e. The fraction of sp³-hybridized carbons (Fsp3) is 0.111. The third kappa shape index (κ3) is 4.81. The molecule has 0 aliphatic carbocycles. The largest absolute Gasteiger partial charge is 0.326 e. The number of anilines is 2. The number of benzene rings is 1. The minimum absolute atomic E-state index is 0.0750. The number of rotatable bonds is 5. The van der Waals surface area contributed by atoms with Gasteiger partial charge in [0.25, 0.3) is 5.91 Å². The van der Waals surface area contributed by atoms with Gasteiger partial charge >= 0.3 is 0 Å². The molecule has 8 nitrogen and oxygen atoms in total. The monoisotopic (exact) mass is 414 g/mol. The van der Waals surface area contributed by atoms with Crippen LogP contribution in [0.1, 0.15) is 17.3 Å². The molecular weight excluding hydrogens is 400 g/mol. The van der Waals surface area contributed by atoms with Gasteiger partial charge in [0.1, 0.15) is 5.69 Å². The lowest BCUT2D eigenvalue weighted by atomic mass is 10.2. The SMILES string of the molecule is CSc1nc(NC(=O)c2cc(NC(C)=O)ccc2Cl)nc(-c2ccccn2)n1. The molecule has 0 unspecified atom stereocenters. The molecule has 1 aromatic carbocycles. The van der Waals surface area contributed by atoms with Gasteiger partial charge in [-0.1, -0.05) is 29.4 Å². The number of carbonyl (C=O) groups excluding carboxylic acids is 2. The molecule has 142 valence electrons. The van der Waals surface area contributed by atoms with E-state index in [1.807, 2.05) is 12.3 Å². The van der Waals surface area contributed by atoms with E-state index in [1.54, 1.807) is 24.4 Å². The molecule has 28 heavy (non-hydrogen) atoms. The predicted octanol–water partition coefficient (Wildman–Crippen LogP) is 3.52. The van der Waals surface area contributed by atoms with E-state index in [-0.39, 0.29) is 22.4 Å². The molecule has 0 radical (unpaired) electrons. The maximum Gasteiger partial charge on any atom is 0.259 e. The van der Waals surface area contributed by atoms with Crippen LogP contribution in [-0.2, 0) is 4.79 Å². The second kappa shape index (κ2) is 8.77. The highest BCUT2D eigenvalue weighted by Gasteiger charge is 2.16. The second-order valence-corrected chi connectivity index (χ2v) is 6.69. The second-order valence-electron chi connectivity index (χ2n) is 5.51. The van der Waals surface area contributed by atoms with Crippen molar-refractivity contribution in [2.45, 2.75) is 12.1 Å². The van der Waals surface area contributed by atoms with Crippen LogP contribution in [0.5, 0.6) is 0 Å². The zero-order valence-corrected chi connectivity index (χ0v) is 16.5. The van der Waals surface area contributed by atoms with Crippen LogP contribution in [0.25, 0.3) is 11.5 Å². The molecule has 3 aromatic rings. The Morgan fingerprint density at radius 3 is 2.57 bits per heavy atom. The molecule has 3 rings (SSSR count). The summed E-state index contributed by atoms with van der Waals surface area (Å²) in [5, 5.41) is 5.90. The number of aromatic nitrogens is 4. The van der Waals surface area contributed by atoms with Gasteiger partial charge in [0.2, 0.25) is 11.9 Å². The van der Waals surface area contributed by atoms with Gasteiger partial charge < -0.3 is 5.32 Å². The van der Waals surface area contributed by atoms with E-state index in [0.29, 0.717) is 22.4 Å². The lowest BCUT2D eigenvalue weighted by Gasteiger charge is -2.10. The first kappa shape index (κ1) is 19.7. The van der Waals surface area contributed by atoms with E-state index >= 15 is 0 Å². The molecule has 0 fully saturated rings. The van der Waals surface area contributed by atoms with Gasteiger partial charge in [-0.2, -0.15) is 9.97 Å². The van der Waals surface area contributed by atoms with Crippen molar-refractivity contribution < 1.29 is 9.59 Å². The van der Waals surface area contributed by atoms with E-state index in [0.717, 1.165) is 0 Å². The summed E-state index contributed by atoms with van der Waals surface area (Å²) < 4.78 is 0. The number of hydrogen-bond acceptors (Lipinski definition) is 7. The molecule has 2 aromatic heterocycles. The molecule has 2 amide bonds. The van der Waals surface area contributed by atoms with Crippen molar-refractivity contribution in [3.05, 3.63) is 53.2 Å². The smallest absolute Gasteiger partial charge is 0.259 e. The Hall–Kier alpha value is -3.04. The van der Waals surface area contributed by atoms with E-state index in [4.69, 9.17) is 11.6 Å². The molecule has 0 spiro atoms. The highest BCUT2D eigenvalue weighted by atomic mass is 35.5. The highest BCUT2D eigenvalue weighted by molar-refractivity contribution is 7.98. The quantitative estimate of drug-likeness (QED) is 0.614.